The molecule has 1 saturated heterocycles. The number of aliphatic hydroxyl groups excluding tert-OH is 1. The number of allylic oxidation sites excluding steroid dienone is 2. The maximum absolute atomic E-state index is 13.8. The van der Waals surface area contributed by atoms with Crippen LogP contribution in [0.3, 0.4) is 0 Å². The fourth-order valence-corrected chi connectivity index (χ4v) is 3.50. The molecule has 1 aromatic rings. The maximum Gasteiger partial charge on any atom is 0.274 e. The number of amides is 2. The summed E-state index contributed by atoms with van der Waals surface area (Å²) in [4.78, 5) is 28.7. The molecular formula is C21H23F2N3O3. The molecule has 1 fully saturated rings. The van der Waals surface area contributed by atoms with E-state index in [0.29, 0.717) is 31.6 Å². The van der Waals surface area contributed by atoms with Gasteiger partial charge in [-0.1, -0.05) is 18.7 Å². The largest absolute Gasteiger partial charge is 0.505 e. The van der Waals surface area contributed by atoms with Crippen LogP contribution in [-0.4, -0.2) is 46.9 Å². The molecule has 0 spiro atoms. The second-order valence-corrected chi connectivity index (χ2v) is 6.97. The molecule has 154 valence electrons. The Bertz CT molecular complexity index is 952. The van der Waals surface area contributed by atoms with Crippen molar-refractivity contribution < 1.29 is 23.5 Å². The molecule has 0 unspecified atom stereocenters. The summed E-state index contributed by atoms with van der Waals surface area (Å²) in [6.07, 6.45) is 1.24. The lowest BCUT2D eigenvalue weighted by molar-refractivity contribution is -0.127. The van der Waals surface area contributed by atoms with Gasteiger partial charge >= 0.3 is 0 Å². The first kappa shape index (κ1) is 20.6. The number of fused-ring (bicyclic) bond motifs is 1. The van der Waals surface area contributed by atoms with Crippen LogP contribution in [-0.2, 0) is 16.1 Å². The SMILES string of the molecule is C=C1C(O)=C(C(=O)N(C)CC)N2CCCC2=C1C(=O)NCc1cccc(F)c1F. The van der Waals surface area contributed by atoms with Crippen LogP contribution in [0.2, 0.25) is 0 Å². The molecule has 0 aliphatic carbocycles. The summed E-state index contributed by atoms with van der Waals surface area (Å²) >= 11 is 0. The number of hydrogen-bond donors (Lipinski definition) is 2. The van der Waals surface area contributed by atoms with Crippen molar-refractivity contribution in [3.8, 4) is 0 Å². The van der Waals surface area contributed by atoms with Crippen LogP contribution in [0.1, 0.15) is 25.3 Å². The Hall–Kier alpha value is -3.16. The molecular weight excluding hydrogens is 380 g/mol. The summed E-state index contributed by atoms with van der Waals surface area (Å²) < 4.78 is 27.2. The number of carbonyl (C=O) groups is 2. The van der Waals surface area contributed by atoms with Gasteiger partial charge in [0.05, 0.1) is 5.57 Å². The van der Waals surface area contributed by atoms with Crippen molar-refractivity contribution in [3.63, 3.8) is 0 Å². The lowest BCUT2D eigenvalue weighted by Gasteiger charge is -2.32. The minimum Gasteiger partial charge on any atom is -0.505 e. The predicted octanol–water partition coefficient (Wildman–Crippen LogP) is 2.75. The van der Waals surface area contributed by atoms with E-state index in [0.717, 1.165) is 6.07 Å². The lowest BCUT2D eigenvalue weighted by atomic mass is 9.95. The van der Waals surface area contributed by atoms with Gasteiger partial charge in [0, 0.05) is 43.5 Å². The van der Waals surface area contributed by atoms with Gasteiger partial charge in [0.2, 0.25) is 0 Å². The average Bonchev–Trinajstić information content (AvgIpc) is 3.17. The van der Waals surface area contributed by atoms with Crippen LogP contribution in [0.25, 0.3) is 0 Å². The zero-order chi connectivity index (χ0) is 21.3. The number of halogens is 2. The highest BCUT2D eigenvalue weighted by atomic mass is 19.2. The van der Waals surface area contributed by atoms with E-state index in [1.807, 2.05) is 6.92 Å². The van der Waals surface area contributed by atoms with E-state index in [4.69, 9.17) is 0 Å². The van der Waals surface area contributed by atoms with E-state index in [1.54, 1.807) is 11.9 Å². The predicted molar refractivity (Wildman–Crippen MR) is 103 cm³/mol. The van der Waals surface area contributed by atoms with Crippen LogP contribution in [0.4, 0.5) is 8.78 Å². The zero-order valence-electron chi connectivity index (χ0n) is 16.4. The third-order valence-electron chi connectivity index (χ3n) is 5.21. The van der Waals surface area contributed by atoms with Gasteiger partial charge in [-0.15, -0.1) is 0 Å². The Morgan fingerprint density at radius 3 is 2.76 bits per heavy atom. The van der Waals surface area contributed by atoms with Crippen molar-refractivity contribution in [2.45, 2.75) is 26.3 Å². The van der Waals surface area contributed by atoms with Crippen molar-refractivity contribution in [2.75, 3.05) is 20.1 Å². The van der Waals surface area contributed by atoms with Crippen molar-refractivity contribution in [3.05, 3.63) is 70.3 Å². The monoisotopic (exact) mass is 403 g/mol. The first-order chi connectivity index (χ1) is 13.8. The van der Waals surface area contributed by atoms with E-state index < -0.39 is 17.5 Å². The summed E-state index contributed by atoms with van der Waals surface area (Å²) in [5.41, 5.74) is 0.919. The first-order valence-electron chi connectivity index (χ1n) is 9.38. The first-order valence-corrected chi connectivity index (χ1v) is 9.38. The Kier molecular flexibility index (Phi) is 5.72. The lowest BCUT2D eigenvalue weighted by Crippen LogP contribution is -2.39. The second-order valence-electron chi connectivity index (χ2n) is 6.97. The molecule has 2 amide bonds. The standard InChI is InChI=1S/C21H23F2N3O3/c1-4-25(3)21(29)18-19(27)12(2)16(15-9-6-10-26(15)18)20(28)24-11-13-7-5-8-14(22)17(13)23/h5,7-8,27H,2,4,6,9-11H2,1,3H3,(H,24,28). The molecule has 3 rings (SSSR count). The van der Waals surface area contributed by atoms with Gasteiger partial charge in [-0.2, -0.15) is 0 Å². The quantitative estimate of drug-likeness (QED) is 0.793. The molecule has 0 atom stereocenters. The highest BCUT2D eigenvalue weighted by Crippen LogP contribution is 2.39. The number of likely N-dealkylation sites (N-methyl/N-ethyl adjacent to an activating group) is 1. The Morgan fingerprint density at radius 2 is 2.07 bits per heavy atom. The van der Waals surface area contributed by atoms with E-state index in [9.17, 15) is 23.5 Å². The van der Waals surface area contributed by atoms with Crippen LogP contribution >= 0.6 is 0 Å². The molecule has 1 aromatic carbocycles. The molecule has 29 heavy (non-hydrogen) atoms. The minimum atomic E-state index is -1.02. The highest BCUT2D eigenvalue weighted by molar-refractivity contribution is 6.03. The van der Waals surface area contributed by atoms with E-state index in [-0.39, 0.29) is 40.6 Å². The zero-order valence-corrected chi connectivity index (χ0v) is 16.4. The Labute approximate surface area is 167 Å². The number of hydrogen-bond acceptors (Lipinski definition) is 4. The fourth-order valence-electron chi connectivity index (χ4n) is 3.50. The Morgan fingerprint density at radius 1 is 1.34 bits per heavy atom. The van der Waals surface area contributed by atoms with Gasteiger partial charge in [-0.3, -0.25) is 9.59 Å². The summed E-state index contributed by atoms with van der Waals surface area (Å²) in [6, 6.07) is 3.73. The minimum absolute atomic E-state index is 0.00820. The highest BCUT2D eigenvalue weighted by Gasteiger charge is 2.39. The van der Waals surface area contributed by atoms with Crippen molar-refractivity contribution in [1.82, 2.24) is 15.1 Å². The van der Waals surface area contributed by atoms with Crippen LogP contribution in [0.5, 0.6) is 0 Å². The molecule has 0 bridgehead atoms. The normalized spacial score (nSPS) is 16.3. The molecule has 0 aromatic heterocycles. The molecule has 2 aliphatic rings. The fraction of sp³-hybridized carbons (Fsp3) is 0.333. The number of aliphatic hydroxyl groups is 1. The third kappa shape index (κ3) is 3.62. The van der Waals surface area contributed by atoms with E-state index in [1.165, 1.54) is 17.0 Å². The number of rotatable bonds is 5. The average molecular weight is 403 g/mol. The molecule has 2 N–H and O–H groups in total. The third-order valence-corrected chi connectivity index (χ3v) is 5.21. The van der Waals surface area contributed by atoms with Crippen molar-refractivity contribution in [1.29, 1.82) is 0 Å². The molecule has 0 saturated carbocycles. The van der Waals surface area contributed by atoms with E-state index in [2.05, 4.69) is 11.9 Å². The van der Waals surface area contributed by atoms with Crippen LogP contribution in [0.15, 0.2) is 53.1 Å². The summed E-state index contributed by atoms with van der Waals surface area (Å²) in [5.74, 6) is -3.28. The van der Waals surface area contributed by atoms with Crippen molar-refractivity contribution in [2.24, 2.45) is 0 Å². The summed E-state index contributed by atoms with van der Waals surface area (Å²) in [5, 5.41) is 13.2. The van der Waals surface area contributed by atoms with Gasteiger partial charge in [0.1, 0.15) is 5.70 Å². The van der Waals surface area contributed by atoms with Gasteiger partial charge in [0.25, 0.3) is 11.8 Å². The van der Waals surface area contributed by atoms with Crippen LogP contribution < -0.4 is 5.32 Å². The molecule has 6 nitrogen and oxygen atoms in total. The number of nitrogens with zero attached hydrogens (tertiary/aromatic N) is 2. The molecule has 8 heteroatoms. The maximum atomic E-state index is 13.8. The number of nitrogens with one attached hydrogen (secondary N) is 1. The van der Waals surface area contributed by atoms with Crippen LogP contribution in [0, 0.1) is 11.6 Å². The van der Waals surface area contributed by atoms with E-state index >= 15 is 0 Å². The van der Waals surface area contributed by atoms with Gasteiger partial charge in [-0.25, -0.2) is 8.78 Å². The summed E-state index contributed by atoms with van der Waals surface area (Å²) in [6.45, 7) is 6.35. The molecule has 2 heterocycles. The van der Waals surface area contributed by atoms with Crippen molar-refractivity contribution >= 4 is 11.8 Å². The van der Waals surface area contributed by atoms with Gasteiger partial charge in [0.15, 0.2) is 17.4 Å². The smallest absolute Gasteiger partial charge is 0.274 e. The second kappa shape index (κ2) is 8.06. The topological polar surface area (TPSA) is 72.9 Å². The summed E-state index contributed by atoms with van der Waals surface area (Å²) in [7, 11) is 1.63. The number of benzene rings is 1. The number of carbonyl (C=O) groups excluding carboxylic acids is 2. The van der Waals surface area contributed by atoms with Gasteiger partial charge in [-0.05, 0) is 25.8 Å². The molecule has 0 radical (unpaired) electrons. The molecule has 2 aliphatic heterocycles. The Balaban J connectivity index is 1.88. The van der Waals surface area contributed by atoms with Gasteiger partial charge < -0.3 is 20.2 Å².